The van der Waals surface area contributed by atoms with Crippen LogP contribution in [0, 0.1) is 0 Å². The molecular weight excluding hydrogens is 420 g/mol. The van der Waals surface area contributed by atoms with Crippen molar-refractivity contribution < 1.29 is 9.53 Å². The van der Waals surface area contributed by atoms with E-state index in [0.29, 0.717) is 21.4 Å². The fourth-order valence-electron chi connectivity index (χ4n) is 3.45. The van der Waals surface area contributed by atoms with Gasteiger partial charge in [-0.05, 0) is 42.5 Å². The van der Waals surface area contributed by atoms with Gasteiger partial charge in [-0.2, -0.15) is 0 Å². The molecule has 6 nitrogen and oxygen atoms in total. The number of nitrogens with one attached hydrogen (secondary N) is 3. The summed E-state index contributed by atoms with van der Waals surface area (Å²) in [6.45, 7) is 0. The summed E-state index contributed by atoms with van der Waals surface area (Å²) in [5.74, 6) is 1.21. The SMILES string of the molecule is COc1ccc(Nc2nc(Nc3ccccc3)c(C(=O)c3c[nH]c4ccccc34)s2)cc1. The molecule has 0 aliphatic heterocycles. The molecule has 2 aromatic heterocycles. The Morgan fingerprint density at radius 1 is 0.906 bits per heavy atom. The van der Waals surface area contributed by atoms with Crippen molar-refractivity contribution in [1.29, 1.82) is 0 Å². The predicted octanol–water partition coefficient (Wildman–Crippen LogP) is 6.35. The largest absolute Gasteiger partial charge is 0.497 e. The minimum Gasteiger partial charge on any atom is -0.497 e. The zero-order valence-corrected chi connectivity index (χ0v) is 18.1. The zero-order chi connectivity index (χ0) is 21.9. The average Bonchev–Trinajstić information content (AvgIpc) is 3.44. The number of nitrogens with zero attached hydrogens (tertiary/aromatic N) is 1. The molecule has 0 unspecified atom stereocenters. The number of ether oxygens (including phenoxy) is 1. The number of methoxy groups -OCH3 is 1. The third-order valence-electron chi connectivity index (χ3n) is 5.05. The molecule has 32 heavy (non-hydrogen) atoms. The van der Waals surface area contributed by atoms with E-state index in [0.717, 1.165) is 28.0 Å². The van der Waals surface area contributed by atoms with E-state index in [1.54, 1.807) is 13.3 Å². The molecule has 5 aromatic rings. The molecule has 0 spiro atoms. The van der Waals surface area contributed by atoms with Crippen LogP contribution in [0.4, 0.5) is 22.3 Å². The molecule has 0 saturated heterocycles. The fourth-order valence-corrected chi connectivity index (χ4v) is 4.35. The van der Waals surface area contributed by atoms with Crippen molar-refractivity contribution >= 4 is 50.3 Å². The molecule has 0 aliphatic carbocycles. The molecule has 0 bridgehead atoms. The number of hydrogen-bond acceptors (Lipinski definition) is 6. The summed E-state index contributed by atoms with van der Waals surface area (Å²) >= 11 is 1.32. The van der Waals surface area contributed by atoms with Gasteiger partial charge in [0.1, 0.15) is 10.6 Å². The lowest BCUT2D eigenvalue weighted by Crippen LogP contribution is -2.02. The quantitative estimate of drug-likeness (QED) is 0.257. The van der Waals surface area contributed by atoms with Crippen LogP contribution in [-0.2, 0) is 0 Å². The predicted molar refractivity (Wildman–Crippen MR) is 130 cm³/mol. The highest BCUT2D eigenvalue weighted by molar-refractivity contribution is 7.18. The van der Waals surface area contributed by atoms with Gasteiger partial charge in [0, 0.05) is 34.0 Å². The molecule has 0 saturated carbocycles. The summed E-state index contributed by atoms with van der Waals surface area (Å²) in [4.78, 5) is 22.0. The molecule has 2 heterocycles. The average molecular weight is 441 g/mol. The third kappa shape index (κ3) is 3.93. The molecule has 3 N–H and O–H groups in total. The number of aromatic nitrogens is 2. The third-order valence-corrected chi connectivity index (χ3v) is 6.01. The first-order valence-corrected chi connectivity index (χ1v) is 10.9. The molecule has 158 valence electrons. The smallest absolute Gasteiger partial charge is 0.209 e. The molecule has 0 radical (unpaired) electrons. The second kappa shape index (κ2) is 8.56. The summed E-state index contributed by atoms with van der Waals surface area (Å²) in [6, 6.07) is 25.0. The van der Waals surface area contributed by atoms with Crippen molar-refractivity contribution in [3.8, 4) is 5.75 Å². The van der Waals surface area contributed by atoms with E-state index in [2.05, 4.69) is 20.6 Å². The maximum Gasteiger partial charge on any atom is 0.209 e. The van der Waals surface area contributed by atoms with Gasteiger partial charge in [0.15, 0.2) is 10.9 Å². The summed E-state index contributed by atoms with van der Waals surface area (Å²) in [7, 11) is 1.63. The lowest BCUT2D eigenvalue weighted by molar-refractivity contribution is 0.104. The van der Waals surface area contributed by atoms with Gasteiger partial charge in [0.2, 0.25) is 5.78 Å². The summed E-state index contributed by atoms with van der Waals surface area (Å²) in [5, 5.41) is 8.10. The molecule has 0 amide bonds. The fraction of sp³-hybridized carbons (Fsp3) is 0.0400. The highest BCUT2D eigenvalue weighted by atomic mass is 32.1. The summed E-state index contributed by atoms with van der Waals surface area (Å²) in [6.07, 6.45) is 1.76. The van der Waals surface area contributed by atoms with E-state index < -0.39 is 0 Å². The number of H-pyrrole nitrogens is 1. The van der Waals surface area contributed by atoms with Crippen molar-refractivity contribution in [2.45, 2.75) is 0 Å². The molecular formula is C25H20N4O2S. The summed E-state index contributed by atoms with van der Waals surface area (Å²) < 4.78 is 5.22. The molecule has 0 aliphatic rings. The number of anilines is 4. The molecule has 0 atom stereocenters. The van der Waals surface area contributed by atoms with E-state index in [-0.39, 0.29) is 5.78 Å². The number of carbonyl (C=O) groups excluding carboxylic acids is 1. The number of rotatable bonds is 7. The topological polar surface area (TPSA) is 79.0 Å². The van der Waals surface area contributed by atoms with E-state index >= 15 is 0 Å². The van der Waals surface area contributed by atoms with Gasteiger partial charge in [-0.3, -0.25) is 4.79 Å². The first-order chi connectivity index (χ1) is 15.7. The monoisotopic (exact) mass is 440 g/mol. The Bertz CT molecular complexity index is 1370. The van der Waals surface area contributed by atoms with Gasteiger partial charge in [0.25, 0.3) is 0 Å². The van der Waals surface area contributed by atoms with E-state index in [9.17, 15) is 4.79 Å². The minimum absolute atomic E-state index is 0.0823. The van der Waals surface area contributed by atoms with Crippen LogP contribution < -0.4 is 15.4 Å². The second-order valence-corrected chi connectivity index (χ2v) is 8.12. The van der Waals surface area contributed by atoms with Crippen molar-refractivity contribution in [3.63, 3.8) is 0 Å². The minimum atomic E-state index is -0.0823. The lowest BCUT2D eigenvalue weighted by Gasteiger charge is -2.05. The Balaban J connectivity index is 1.52. The highest BCUT2D eigenvalue weighted by Gasteiger charge is 2.22. The van der Waals surface area contributed by atoms with Gasteiger partial charge in [-0.1, -0.05) is 47.7 Å². The van der Waals surface area contributed by atoms with Gasteiger partial charge < -0.3 is 20.4 Å². The Hall–Kier alpha value is -4.10. The number of aromatic amines is 1. The van der Waals surface area contributed by atoms with Crippen LogP contribution in [-0.4, -0.2) is 22.9 Å². The summed E-state index contributed by atoms with van der Waals surface area (Å²) in [5.41, 5.74) is 3.27. The second-order valence-electron chi connectivity index (χ2n) is 7.12. The van der Waals surface area contributed by atoms with Crippen molar-refractivity contribution in [3.05, 3.63) is 95.5 Å². The van der Waals surface area contributed by atoms with Crippen LogP contribution in [0.3, 0.4) is 0 Å². The van der Waals surface area contributed by atoms with Crippen molar-refractivity contribution in [2.75, 3.05) is 17.7 Å². The number of hydrogen-bond donors (Lipinski definition) is 3. The molecule has 0 fully saturated rings. The van der Waals surface area contributed by atoms with Crippen LogP contribution in [0.2, 0.25) is 0 Å². The van der Waals surface area contributed by atoms with Gasteiger partial charge >= 0.3 is 0 Å². The molecule has 5 rings (SSSR count). The van der Waals surface area contributed by atoms with Gasteiger partial charge in [-0.25, -0.2) is 4.98 Å². The number of para-hydroxylation sites is 2. The van der Waals surface area contributed by atoms with Gasteiger partial charge in [0.05, 0.1) is 7.11 Å². The molecule has 3 aromatic carbocycles. The van der Waals surface area contributed by atoms with Crippen LogP contribution in [0.15, 0.2) is 85.1 Å². The van der Waals surface area contributed by atoms with Crippen LogP contribution in [0.1, 0.15) is 15.2 Å². The number of carbonyl (C=O) groups is 1. The number of benzene rings is 3. The van der Waals surface area contributed by atoms with E-state index in [1.165, 1.54) is 11.3 Å². The first-order valence-electron chi connectivity index (χ1n) is 10.1. The van der Waals surface area contributed by atoms with Crippen molar-refractivity contribution in [2.24, 2.45) is 0 Å². The highest BCUT2D eigenvalue weighted by Crippen LogP contribution is 2.34. The maximum absolute atomic E-state index is 13.5. The normalized spacial score (nSPS) is 10.8. The zero-order valence-electron chi connectivity index (χ0n) is 17.3. The van der Waals surface area contributed by atoms with Gasteiger partial charge in [-0.15, -0.1) is 0 Å². The lowest BCUT2D eigenvalue weighted by atomic mass is 10.1. The molecule has 7 heteroatoms. The number of ketones is 1. The van der Waals surface area contributed by atoms with Crippen molar-refractivity contribution in [1.82, 2.24) is 9.97 Å². The standard InChI is InChI=1S/C25H20N4O2S/c1-31-18-13-11-17(12-14-18)28-25-29-24(27-16-7-3-2-4-8-16)23(32-25)22(30)20-15-26-21-10-6-5-9-19(20)21/h2-15,26-27H,1H3,(H,28,29). The first kappa shape index (κ1) is 19.8. The number of thiazole rings is 1. The Labute approximate surface area is 188 Å². The maximum atomic E-state index is 13.5. The van der Waals surface area contributed by atoms with Crippen LogP contribution in [0.5, 0.6) is 5.75 Å². The van der Waals surface area contributed by atoms with Crippen LogP contribution in [0.25, 0.3) is 10.9 Å². The van der Waals surface area contributed by atoms with Crippen LogP contribution >= 0.6 is 11.3 Å². The Morgan fingerprint density at radius 2 is 1.62 bits per heavy atom. The van der Waals surface area contributed by atoms with E-state index in [1.807, 2.05) is 78.9 Å². The number of fused-ring (bicyclic) bond motifs is 1. The Morgan fingerprint density at radius 3 is 2.41 bits per heavy atom. The van der Waals surface area contributed by atoms with E-state index in [4.69, 9.17) is 4.74 Å². The Kier molecular flexibility index (Phi) is 5.31.